The lowest BCUT2D eigenvalue weighted by Crippen LogP contribution is -2.53. The summed E-state index contributed by atoms with van der Waals surface area (Å²) in [7, 11) is 1.81. The third-order valence-electron chi connectivity index (χ3n) is 13.7. The van der Waals surface area contributed by atoms with Crippen LogP contribution in [0.3, 0.4) is 0 Å². The van der Waals surface area contributed by atoms with Gasteiger partial charge in [-0.3, -0.25) is 24.3 Å². The topological polar surface area (TPSA) is 577 Å². The molecule has 0 heterocycles. The van der Waals surface area contributed by atoms with E-state index in [9.17, 15) is 91.3 Å². The van der Waals surface area contributed by atoms with Crippen LogP contribution in [0.4, 0.5) is 0 Å². The Labute approximate surface area is 542 Å². The zero-order chi connectivity index (χ0) is 69.8. The lowest BCUT2D eigenvalue weighted by atomic mass is 10.0. The second-order valence-corrected chi connectivity index (χ2v) is 21.4. The van der Waals surface area contributed by atoms with Gasteiger partial charge in [0.2, 0.25) is 11.8 Å². The Kier molecular flexibility index (Phi) is 57.0. The van der Waals surface area contributed by atoms with E-state index in [-0.39, 0.29) is 170 Å². The van der Waals surface area contributed by atoms with Crippen molar-refractivity contribution in [2.24, 2.45) is 0 Å². The number of amides is 2. The molecule has 0 saturated heterocycles. The van der Waals surface area contributed by atoms with Crippen LogP contribution in [0.15, 0.2) is 0 Å². The Morgan fingerprint density at radius 1 is 0.280 bits per heavy atom. The van der Waals surface area contributed by atoms with Crippen molar-refractivity contribution < 1.29 is 159 Å². The van der Waals surface area contributed by atoms with Gasteiger partial charge in [0.15, 0.2) is 0 Å². The van der Waals surface area contributed by atoms with E-state index in [0.717, 1.165) is 0 Å². The normalized spacial score (nSPS) is 17.5. The SMILES string of the molecule is CNCCOCCOCCN(CC(=O)NCCOCCOCCOCCOCCN(C[C@H](O)[C@@H](O)[C@H](O)[C@H](O)CO)C[C@H](O)[C@@H](O)[C@H](O)[C@H](O)CO)CC(=O)NCCOCCOCCOCCOCCN(C[C@H](O)[C@@H](O)[C@H](O)[C@H](O)CO)C[C@H](O)[C@@H](O)[C@H](O)[C@H](O)CO. The monoisotopic (exact) mass is 1370 g/mol. The van der Waals surface area contributed by atoms with Crippen LogP contribution in [-0.4, -0.2) is 470 Å². The average Bonchev–Trinajstić information content (AvgIpc) is 1.37. The molecule has 0 radical (unpaired) electrons. The second-order valence-electron chi connectivity index (χ2n) is 21.4. The largest absolute Gasteiger partial charge is 0.394 e. The van der Waals surface area contributed by atoms with Gasteiger partial charge in [0.25, 0.3) is 0 Å². The van der Waals surface area contributed by atoms with Crippen molar-refractivity contribution in [3.05, 3.63) is 0 Å². The fourth-order valence-corrected chi connectivity index (χ4v) is 8.12. The molecule has 16 atom stereocenters. The summed E-state index contributed by atoms with van der Waals surface area (Å²) in [6.45, 7) is -0.302. The molecule has 2 amide bonds. The molecule has 0 aromatic heterocycles. The molecule has 0 unspecified atom stereocenters. The molecule has 0 aliphatic heterocycles. The Hall–Kier alpha value is -2.42. The first kappa shape index (κ1) is 90.6. The van der Waals surface area contributed by atoms with E-state index >= 15 is 0 Å². The van der Waals surface area contributed by atoms with Gasteiger partial charge in [0.1, 0.15) is 73.2 Å². The van der Waals surface area contributed by atoms with E-state index in [1.165, 1.54) is 9.80 Å². The van der Waals surface area contributed by atoms with Gasteiger partial charge in [-0.25, -0.2) is 0 Å². The maximum absolute atomic E-state index is 12.9. The summed E-state index contributed by atoms with van der Waals surface area (Å²) >= 11 is 0. The second kappa shape index (κ2) is 58.5. The molecule has 0 aliphatic rings. The highest BCUT2D eigenvalue weighted by Crippen LogP contribution is 2.13. The quantitative estimate of drug-likeness (QED) is 0.0251. The van der Waals surface area contributed by atoms with E-state index in [1.54, 1.807) is 4.90 Å². The zero-order valence-corrected chi connectivity index (χ0v) is 53.4. The first-order valence-corrected chi connectivity index (χ1v) is 31.0. The number of likely N-dealkylation sites (N-methyl/N-ethyl adjacent to an activating group) is 1. The highest BCUT2D eigenvalue weighted by Gasteiger charge is 2.36. The van der Waals surface area contributed by atoms with E-state index in [1.807, 2.05) is 7.05 Å². The molecule has 556 valence electrons. The molecule has 93 heavy (non-hydrogen) atoms. The summed E-state index contributed by atoms with van der Waals surface area (Å²) in [5.74, 6) is -0.697. The molecule has 0 saturated carbocycles. The van der Waals surface area contributed by atoms with Crippen molar-refractivity contribution in [3.8, 4) is 0 Å². The first-order chi connectivity index (χ1) is 44.5. The highest BCUT2D eigenvalue weighted by atomic mass is 16.6. The number of carbonyl (C=O) groups is 2. The maximum Gasteiger partial charge on any atom is 0.234 e. The van der Waals surface area contributed by atoms with Crippen LogP contribution in [0, 0.1) is 0 Å². The fourth-order valence-electron chi connectivity index (χ4n) is 8.12. The Morgan fingerprint density at radius 2 is 0.473 bits per heavy atom. The molecule has 38 heteroatoms. The molecule has 0 rings (SSSR count). The Balaban J connectivity index is 4.61. The summed E-state index contributed by atoms with van der Waals surface area (Å²) in [5, 5.41) is 206. The predicted molar refractivity (Wildman–Crippen MR) is 322 cm³/mol. The summed E-state index contributed by atoms with van der Waals surface area (Å²) in [6, 6.07) is 0. The van der Waals surface area contributed by atoms with Gasteiger partial charge in [0.05, 0.1) is 196 Å². The Morgan fingerprint density at radius 3 is 0.699 bits per heavy atom. The van der Waals surface area contributed by atoms with Crippen LogP contribution < -0.4 is 16.0 Å². The summed E-state index contributed by atoms with van der Waals surface area (Å²) in [5.41, 5.74) is 0. The predicted octanol–water partition coefficient (Wildman–Crippen LogP) is -14.7. The molecule has 23 N–H and O–H groups in total. The van der Waals surface area contributed by atoms with Crippen molar-refractivity contribution >= 4 is 11.8 Å². The molecular weight excluding hydrogens is 1260 g/mol. The van der Waals surface area contributed by atoms with Crippen LogP contribution in [0.5, 0.6) is 0 Å². The fraction of sp³-hybridized carbons (Fsp3) is 0.964. The standard InChI is InChI=1S/C55H114N6O32/c1-56-2-8-84-14-17-89-13-7-61(32-46(74)57-3-9-85-15-20-90-24-26-92-22-18-87-11-5-59(28-38(66)48(76)52(80)42(70)34-62)29-39(67)49(77)53(81)43(71)35-63)33-47(75)58-4-10-86-16-21-91-25-27-93-23-19-88-12-6-60(30-40(68)50(78)54(82)44(72)36-64)31-41(69)51(79)55(83)45(73)37-65/h38-45,48-56,62-73,76-83H,2-37H2,1H3,(H,57,74)(H,58,75)/t38-,39-,40-,41-,42+,43+,44+,45+,48+,49+,50+,51+,52+,53+,54+,55+/m0/s1. The number of hydrogen-bond donors (Lipinski definition) is 23. The first-order valence-electron chi connectivity index (χ1n) is 31.0. The van der Waals surface area contributed by atoms with Gasteiger partial charge in [-0.2, -0.15) is 0 Å². The summed E-state index contributed by atoms with van der Waals surface area (Å²) in [4.78, 5) is 30.0. The van der Waals surface area contributed by atoms with Crippen molar-refractivity contribution in [2.75, 3.05) is 244 Å². The molecule has 0 aliphatic carbocycles. The highest BCUT2D eigenvalue weighted by molar-refractivity contribution is 5.81. The number of aliphatic hydroxyl groups excluding tert-OH is 20. The van der Waals surface area contributed by atoms with Gasteiger partial charge in [0, 0.05) is 65.4 Å². The molecular formula is C55H114N6O32. The lowest BCUT2D eigenvalue weighted by Gasteiger charge is -2.33. The molecule has 0 aromatic carbocycles. The van der Waals surface area contributed by atoms with Crippen molar-refractivity contribution in [1.29, 1.82) is 0 Å². The van der Waals surface area contributed by atoms with Crippen LogP contribution >= 0.6 is 0 Å². The number of nitrogens with one attached hydrogen (secondary N) is 3. The average molecular weight is 1370 g/mol. The number of nitrogens with zero attached hydrogens (tertiary/aromatic N) is 3. The molecule has 0 aromatic rings. The minimum atomic E-state index is -1.92. The van der Waals surface area contributed by atoms with Crippen LogP contribution in [0.1, 0.15) is 0 Å². The molecule has 0 bridgehead atoms. The van der Waals surface area contributed by atoms with E-state index in [2.05, 4.69) is 16.0 Å². The van der Waals surface area contributed by atoms with E-state index in [0.29, 0.717) is 26.4 Å². The van der Waals surface area contributed by atoms with Gasteiger partial charge >= 0.3 is 0 Å². The zero-order valence-electron chi connectivity index (χ0n) is 53.4. The number of carbonyl (C=O) groups excluding carboxylic acids is 2. The van der Waals surface area contributed by atoms with E-state index in [4.69, 9.17) is 67.8 Å². The Bertz CT molecular complexity index is 1560. The summed E-state index contributed by atoms with van der Waals surface area (Å²) in [6.07, 6.45) is -29.3. The summed E-state index contributed by atoms with van der Waals surface area (Å²) < 4.78 is 55.3. The van der Waals surface area contributed by atoms with E-state index < -0.39 is 150 Å². The molecule has 38 nitrogen and oxygen atoms in total. The number of rotatable bonds is 67. The molecule has 0 fully saturated rings. The van der Waals surface area contributed by atoms with Crippen molar-refractivity contribution in [1.82, 2.24) is 30.7 Å². The number of hydrogen-bond acceptors (Lipinski definition) is 36. The third-order valence-corrected chi connectivity index (χ3v) is 13.7. The smallest absolute Gasteiger partial charge is 0.234 e. The van der Waals surface area contributed by atoms with Crippen LogP contribution in [0.25, 0.3) is 0 Å². The minimum absolute atomic E-state index is 0.0197. The van der Waals surface area contributed by atoms with Crippen molar-refractivity contribution in [3.63, 3.8) is 0 Å². The van der Waals surface area contributed by atoms with Crippen molar-refractivity contribution in [2.45, 2.75) is 97.7 Å². The lowest BCUT2D eigenvalue weighted by molar-refractivity contribution is -0.131. The number of aliphatic hydroxyl groups is 20. The van der Waals surface area contributed by atoms with Crippen LogP contribution in [-0.2, 0) is 57.0 Å². The van der Waals surface area contributed by atoms with Gasteiger partial charge < -0.3 is 165 Å². The van der Waals surface area contributed by atoms with Crippen LogP contribution in [0.2, 0.25) is 0 Å². The van der Waals surface area contributed by atoms with Gasteiger partial charge in [-0.1, -0.05) is 0 Å². The van der Waals surface area contributed by atoms with Gasteiger partial charge in [-0.15, -0.1) is 0 Å². The minimum Gasteiger partial charge on any atom is -0.394 e. The van der Waals surface area contributed by atoms with Gasteiger partial charge in [-0.05, 0) is 7.05 Å². The molecule has 0 spiro atoms. The maximum atomic E-state index is 12.9. The number of ether oxygens (including phenoxy) is 10. The third kappa shape index (κ3) is 45.0.